The molecule has 2 aromatic carbocycles. The first-order chi connectivity index (χ1) is 9.09. The monoisotopic (exact) mass is 298 g/mol. The molecule has 2 N–H and O–H groups in total. The van der Waals surface area contributed by atoms with Crippen LogP contribution in [0.5, 0.6) is 0 Å². The van der Waals surface area contributed by atoms with Crippen LogP contribution in [0, 0.1) is 5.82 Å². The second-order valence-electron chi connectivity index (χ2n) is 3.66. The second kappa shape index (κ2) is 5.91. The summed E-state index contributed by atoms with van der Waals surface area (Å²) in [5.41, 5.74) is 5.23. The van der Waals surface area contributed by atoms with Gasteiger partial charge in [-0.1, -0.05) is 41.4 Å². The number of hydrazine groups is 1. The Balaban J connectivity index is 2.13. The largest absolute Gasteiger partial charge is 0.297 e. The van der Waals surface area contributed by atoms with Gasteiger partial charge in [-0.25, -0.2) is 4.39 Å². The van der Waals surface area contributed by atoms with Crippen LogP contribution < -0.4 is 10.9 Å². The predicted octanol–water partition coefficient (Wildman–Crippen LogP) is 3.89. The van der Waals surface area contributed by atoms with Crippen LogP contribution in [0.1, 0.15) is 10.4 Å². The summed E-state index contributed by atoms with van der Waals surface area (Å²) < 4.78 is 13.5. The van der Waals surface area contributed by atoms with E-state index in [0.29, 0.717) is 10.7 Å². The first-order valence-corrected chi connectivity index (χ1v) is 6.10. The molecule has 2 aromatic rings. The van der Waals surface area contributed by atoms with Crippen molar-refractivity contribution in [3.05, 3.63) is 63.9 Å². The number of para-hydroxylation sites is 1. The number of amides is 1. The number of nitrogens with one attached hydrogen (secondary N) is 2. The first-order valence-electron chi connectivity index (χ1n) is 5.34. The highest BCUT2D eigenvalue weighted by atomic mass is 35.5. The summed E-state index contributed by atoms with van der Waals surface area (Å²) in [6.45, 7) is 0. The average Bonchev–Trinajstić information content (AvgIpc) is 2.37. The highest BCUT2D eigenvalue weighted by molar-refractivity contribution is 6.34. The van der Waals surface area contributed by atoms with E-state index in [1.165, 1.54) is 12.1 Å². The van der Waals surface area contributed by atoms with Crippen molar-refractivity contribution < 1.29 is 9.18 Å². The van der Waals surface area contributed by atoms with E-state index in [-0.39, 0.29) is 10.6 Å². The van der Waals surface area contributed by atoms with Gasteiger partial charge in [0.15, 0.2) is 0 Å². The molecule has 0 bridgehead atoms. The number of hydrogen-bond donors (Lipinski definition) is 2. The van der Waals surface area contributed by atoms with Crippen molar-refractivity contribution >= 4 is 34.8 Å². The Kier molecular flexibility index (Phi) is 4.24. The van der Waals surface area contributed by atoms with E-state index in [9.17, 15) is 9.18 Å². The molecule has 0 aliphatic carbocycles. The predicted molar refractivity (Wildman–Crippen MR) is 74.0 cm³/mol. The van der Waals surface area contributed by atoms with Gasteiger partial charge in [-0.15, -0.1) is 0 Å². The molecule has 2 rings (SSSR count). The minimum atomic E-state index is -0.689. The molecule has 0 aliphatic rings. The van der Waals surface area contributed by atoms with Crippen molar-refractivity contribution in [3.63, 3.8) is 0 Å². The molecule has 1 amide bonds. The fourth-order valence-electron chi connectivity index (χ4n) is 1.46. The van der Waals surface area contributed by atoms with Gasteiger partial charge in [-0.05, 0) is 24.3 Å². The Morgan fingerprint density at radius 2 is 1.68 bits per heavy atom. The van der Waals surface area contributed by atoms with Crippen molar-refractivity contribution in [1.82, 2.24) is 5.43 Å². The Morgan fingerprint density at radius 3 is 2.37 bits per heavy atom. The first kappa shape index (κ1) is 13.6. The Labute approximate surface area is 119 Å². The lowest BCUT2D eigenvalue weighted by Crippen LogP contribution is -2.30. The van der Waals surface area contributed by atoms with Gasteiger partial charge in [0.1, 0.15) is 5.82 Å². The van der Waals surface area contributed by atoms with E-state index in [1.54, 1.807) is 24.3 Å². The van der Waals surface area contributed by atoms with Crippen molar-refractivity contribution in [1.29, 1.82) is 0 Å². The minimum absolute atomic E-state index is 0.0402. The Bertz CT molecular complexity index is 599. The summed E-state index contributed by atoms with van der Waals surface area (Å²) in [6, 6.07) is 10.9. The summed E-state index contributed by atoms with van der Waals surface area (Å²) in [5, 5.41) is 0.473. The molecule has 98 valence electrons. The van der Waals surface area contributed by atoms with Crippen LogP contribution in [0.15, 0.2) is 42.5 Å². The molecule has 6 heteroatoms. The number of anilines is 1. The van der Waals surface area contributed by atoms with Gasteiger partial charge in [0.05, 0.1) is 21.3 Å². The molecule has 0 spiro atoms. The smallest absolute Gasteiger partial charge is 0.274 e. The van der Waals surface area contributed by atoms with E-state index < -0.39 is 11.7 Å². The number of carbonyl (C=O) groups excluding carboxylic acids is 1. The summed E-state index contributed by atoms with van der Waals surface area (Å²) in [6.07, 6.45) is 0. The summed E-state index contributed by atoms with van der Waals surface area (Å²) in [4.78, 5) is 11.8. The van der Waals surface area contributed by atoms with Crippen LogP contribution in [0.3, 0.4) is 0 Å². The van der Waals surface area contributed by atoms with E-state index in [2.05, 4.69) is 10.9 Å². The van der Waals surface area contributed by atoms with Crippen LogP contribution >= 0.6 is 23.2 Å². The maximum absolute atomic E-state index is 13.5. The lowest BCUT2D eigenvalue weighted by atomic mass is 10.2. The molecular formula is C13H9Cl2FN2O. The number of carbonyl (C=O) groups is 1. The standard InChI is InChI=1S/C13H9Cl2FN2O/c14-8-4-1-2-7-11(8)17-18-13(19)12-9(15)5-3-6-10(12)16/h1-7,17H,(H,18,19). The van der Waals surface area contributed by atoms with Gasteiger partial charge in [0, 0.05) is 0 Å². The van der Waals surface area contributed by atoms with E-state index in [0.717, 1.165) is 6.07 Å². The molecule has 0 unspecified atom stereocenters. The zero-order valence-corrected chi connectivity index (χ0v) is 11.1. The molecular weight excluding hydrogens is 290 g/mol. The highest BCUT2D eigenvalue weighted by Crippen LogP contribution is 2.21. The van der Waals surface area contributed by atoms with E-state index in [4.69, 9.17) is 23.2 Å². The number of benzene rings is 2. The van der Waals surface area contributed by atoms with Crippen LogP contribution in [-0.4, -0.2) is 5.91 Å². The lowest BCUT2D eigenvalue weighted by molar-refractivity contribution is 0.0959. The highest BCUT2D eigenvalue weighted by Gasteiger charge is 2.15. The fraction of sp³-hybridized carbons (Fsp3) is 0. The second-order valence-corrected chi connectivity index (χ2v) is 4.47. The quantitative estimate of drug-likeness (QED) is 0.844. The minimum Gasteiger partial charge on any atom is -0.297 e. The number of halogens is 3. The maximum Gasteiger partial charge on any atom is 0.274 e. The zero-order valence-electron chi connectivity index (χ0n) is 9.58. The van der Waals surface area contributed by atoms with Gasteiger partial charge in [-0.2, -0.15) is 0 Å². The van der Waals surface area contributed by atoms with Gasteiger partial charge < -0.3 is 0 Å². The van der Waals surface area contributed by atoms with Gasteiger partial charge in [0.25, 0.3) is 5.91 Å². The third kappa shape index (κ3) is 3.16. The van der Waals surface area contributed by atoms with Crippen molar-refractivity contribution in [3.8, 4) is 0 Å². The molecule has 0 saturated carbocycles. The third-order valence-electron chi connectivity index (χ3n) is 2.37. The number of rotatable bonds is 3. The molecule has 0 saturated heterocycles. The Hall–Kier alpha value is -1.78. The molecule has 0 heterocycles. The van der Waals surface area contributed by atoms with Crippen LogP contribution in [0.2, 0.25) is 10.0 Å². The molecule has 0 radical (unpaired) electrons. The lowest BCUT2D eigenvalue weighted by Gasteiger charge is -2.11. The maximum atomic E-state index is 13.5. The summed E-state index contributed by atoms with van der Waals surface area (Å²) in [5.74, 6) is -1.37. The SMILES string of the molecule is O=C(NNc1ccccc1Cl)c1c(F)cccc1Cl. The normalized spacial score (nSPS) is 10.1. The fourth-order valence-corrected chi connectivity index (χ4v) is 1.90. The van der Waals surface area contributed by atoms with Crippen LogP contribution in [0.4, 0.5) is 10.1 Å². The molecule has 0 aliphatic heterocycles. The molecule has 0 atom stereocenters. The van der Waals surface area contributed by atoms with Crippen LogP contribution in [0.25, 0.3) is 0 Å². The molecule has 0 aromatic heterocycles. The van der Waals surface area contributed by atoms with Crippen molar-refractivity contribution in [2.24, 2.45) is 0 Å². The third-order valence-corrected chi connectivity index (χ3v) is 3.02. The summed E-state index contributed by atoms with van der Waals surface area (Å²) >= 11 is 11.7. The van der Waals surface area contributed by atoms with Crippen molar-refractivity contribution in [2.45, 2.75) is 0 Å². The average molecular weight is 299 g/mol. The van der Waals surface area contributed by atoms with Gasteiger partial charge in [0.2, 0.25) is 0 Å². The zero-order chi connectivity index (χ0) is 13.8. The molecule has 3 nitrogen and oxygen atoms in total. The van der Waals surface area contributed by atoms with E-state index >= 15 is 0 Å². The van der Waals surface area contributed by atoms with Gasteiger partial charge >= 0.3 is 0 Å². The summed E-state index contributed by atoms with van der Waals surface area (Å²) in [7, 11) is 0. The molecule has 19 heavy (non-hydrogen) atoms. The molecule has 0 fully saturated rings. The van der Waals surface area contributed by atoms with Gasteiger partial charge in [-0.3, -0.25) is 15.6 Å². The topological polar surface area (TPSA) is 41.1 Å². The number of hydrogen-bond acceptors (Lipinski definition) is 2. The van der Waals surface area contributed by atoms with Crippen molar-refractivity contribution in [2.75, 3.05) is 5.43 Å². The van der Waals surface area contributed by atoms with E-state index in [1.807, 2.05) is 0 Å². The Morgan fingerprint density at radius 1 is 1.00 bits per heavy atom. The van der Waals surface area contributed by atoms with Crippen LogP contribution in [-0.2, 0) is 0 Å².